The lowest BCUT2D eigenvalue weighted by molar-refractivity contribution is -0.243. The molecule has 2 saturated heterocycles. The molecule has 0 amide bonds. The Morgan fingerprint density at radius 2 is 2.12 bits per heavy atom. The number of carbonyl (C=O) groups is 1. The number of hydrogen-bond donors (Lipinski definition) is 0. The third kappa shape index (κ3) is 1.34. The molecule has 0 aromatic carbocycles. The number of ether oxygens (including phenoxy) is 3. The molecule has 1 unspecified atom stereocenters. The van der Waals surface area contributed by atoms with Crippen LogP contribution < -0.4 is 0 Å². The number of hydrogen-bond acceptors (Lipinski definition) is 4. The highest BCUT2D eigenvalue weighted by atomic mass is 16.7. The number of carbonyl (C=O) groups excluding carboxylic acids is 1. The lowest BCUT2D eigenvalue weighted by Crippen LogP contribution is -2.53. The lowest BCUT2D eigenvalue weighted by Gasteiger charge is -2.45. The molecule has 3 aliphatic rings. The van der Waals surface area contributed by atoms with Gasteiger partial charge in [0.25, 0.3) is 0 Å². The largest absolute Gasteiger partial charge is 0.458 e. The second kappa shape index (κ2) is 3.56. The van der Waals surface area contributed by atoms with Gasteiger partial charge in [0.05, 0.1) is 19.1 Å². The van der Waals surface area contributed by atoms with Crippen molar-refractivity contribution in [3.8, 4) is 0 Å². The summed E-state index contributed by atoms with van der Waals surface area (Å²) in [5.74, 6) is -0.797. The molecular formula is C13H18O4. The molecule has 94 valence electrons. The van der Waals surface area contributed by atoms with Gasteiger partial charge in [-0.05, 0) is 12.8 Å². The summed E-state index contributed by atoms with van der Waals surface area (Å²) in [6.07, 6.45) is 3.80. The van der Waals surface area contributed by atoms with Crippen LogP contribution in [0.5, 0.6) is 0 Å². The summed E-state index contributed by atoms with van der Waals surface area (Å²) in [5.41, 5.74) is -0.280. The van der Waals surface area contributed by atoms with E-state index in [-0.39, 0.29) is 23.4 Å². The van der Waals surface area contributed by atoms with Crippen LogP contribution in [0.1, 0.15) is 26.2 Å². The molecule has 3 fully saturated rings. The molecule has 1 saturated carbocycles. The topological polar surface area (TPSA) is 44.8 Å². The number of rotatable bonds is 1. The Balaban J connectivity index is 1.97. The Hall–Kier alpha value is -0.870. The molecule has 2 heterocycles. The molecule has 0 radical (unpaired) electrons. The van der Waals surface area contributed by atoms with Crippen molar-refractivity contribution in [2.75, 3.05) is 13.2 Å². The Morgan fingerprint density at radius 3 is 2.76 bits per heavy atom. The maximum atomic E-state index is 12.0. The molecule has 0 N–H and O–H groups in total. The van der Waals surface area contributed by atoms with Crippen molar-refractivity contribution in [3.05, 3.63) is 12.7 Å². The Morgan fingerprint density at radius 1 is 1.41 bits per heavy atom. The lowest BCUT2D eigenvalue weighted by atomic mass is 9.70. The van der Waals surface area contributed by atoms with Crippen LogP contribution in [0.3, 0.4) is 0 Å². The average molecular weight is 238 g/mol. The molecule has 1 aliphatic carbocycles. The molecule has 2 aliphatic heterocycles. The van der Waals surface area contributed by atoms with Gasteiger partial charge >= 0.3 is 5.97 Å². The molecule has 4 nitrogen and oxygen atoms in total. The van der Waals surface area contributed by atoms with Crippen LogP contribution in [0, 0.1) is 11.3 Å². The Labute approximate surface area is 101 Å². The normalized spacial score (nSPS) is 43.5. The third-order valence-corrected chi connectivity index (χ3v) is 4.60. The molecule has 0 bridgehead atoms. The van der Waals surface area contributed by atoms with Gasteiger partial charge in [-0.1, -0.05) is 19.6 Å². The van der Waals surface area contributed by atoms with E-state index < -0.39 is 5.79 Å². The monoisotopic (exact) mass is 238 g/mol. The second-order valence-corrected chi connectivity index (χ2v) is 5.37. The summed E-state index contributed by atoms with van der Waals surface area (Å²) in [5, 5.41) is 0. The van der Waals surface area contributed by atoms with Crippen LogP contribution in [0.25, 0.3) is 0 Å². The summed E-state index contributed by atoms with van der Waals surface area (Å²) < 4.78 is 17.1. The summed E-state index contributed by atoms with van der Waals surface area (Å²) in [6.45, 7) is 7.05. The summed E-state index contributed by atoms with van der Waals surface area (Å²) in [6, 6.07) is 0. The molecule has 17 heavy (non-hydrogen) atoms. The van der Waals surface area contributed by atoms with Crippen molar-refractivity contribution in [2.24, 2.45) is 11.3 Å². The highest BCUT2D eigenvalue weighted by Crippen LogP contribution is 2.59. The molecule has 1 spiro atoms. The highest BCUT2D eigenvalue weighted by Gasteiger charge is 2.65. The highest BCUT2D eigenvalue weighted by molar-refractivity contribution is 5.75. The SMILES string of the molecule is C=CC1C[C@@]2(C)[C@H](CCC23OCCO3)C(=O)O1. The minimum absolute atomic E-state index is 0.100. The van der Waals surface area contributed by atoms with E-state index in [0.717, 1.165) is 19.3 Å². The van der Waals surface area contributed by atoms with Gasteiger partial charge in [-0.3, -0.25) is 4.79 Å². The van der Waals surface area contributed by atoms with Crippen molar-refractivity contribution in [1.82, 2.24) is 0 Å². The number of cyclic esters (lactones) is 1. The first kappa shape index (κ1) is 11.2. The maximum absolute atomic E-state index is 12.0. The number of esters is 1. The van der Waals surface area contributed by atoms with Gasteiger partial charge in [-0.2, -0.15) is 0 Å². The van der Waals surface area contributed by atoms with Crippen LogP contribution in [-0.2, 0) is 19.0 Å². The summed E-state index contributed by atoms with van der Waals surface area (Å²) >= 11 is 0. The Bertz CT molecular complexity index is 358. The van der Waals surface area contributed by atoms with E-state index in [1.54, 1.807) is 6.08 Å². The third-order valence-electron chi connectivity index (χ3n) is 4.60. The fourth-order valence-electron chi connectivity index (χ4n) is 3.63. The van der Waals surface area contributed by atoms with Crippen molar-refractivity contribution in [2.45, 2.75) is 38.1 Å². The predicted molar refractivity (Wildman–Crippen MR) is 60.2 cm³/mol. The molecular weight excluding hydrogens is 220 g/mol. The summed E-state index contributed by atoms with van der Waals surface area (Å²) in [4.78, 5) is 12.0. The molecule has 0 aromatic heterocycles. The van der Waals surface area contributed by atoms with E-state index in [4.69, 9.17) is 14.2 Å². The van der Waals surface area contributed by atoms with Gasteiger partial charge < -0.3 is 14.2 Å². The van der Waals surface area contributed by atoms with Gasteiger partial charge in [-0.15, -0.1) is 0 Å². The van der Waals surface area contributed by atoms with Gasteiger partial charge in [0.1, 0.15) is 6.10 Å². The van der Waals surface area contributed by atoms with E-state index in [1.807, 2.05) is 0 Å². The first-order valence-corrected chi connectivity index (χ1v) is 6.22. The van der Waals surface area contributed by atoms with Gasteiger partial charge in [0, 0.05) is 11.8 Å². The zero-order valence-electron chi connectivity index (χ0n) is 10.1. The van der Waals surface area contributed by atoms with E-state index in [1.165, 1.54) is 0 Å². The number of fused-ring (bicyclic) bond motifs is 2. The fourth-order valence-corrected chi connectivity index (χ4v) is 3.63. The smallest absolute Gasteiger partial charge is 0.310 e. The molecule has 3 atom stereocenters. The Kier molecular flexibility index (Phi) is 2.35. The predicted octanol–water partition coefficient (Wildman–Crippen LogP) is 1.65. The quantitative estimate of drug-likeness (QED) is 0.514. The molecule has 0 aromatic rings. The summed E-state index contributed by atoms with van der Waals surface area (Å²) in [7, 11) is 0. The molecule has 4 heteroatoms. The standard InChI is InChI=1S/C13H18O4/c1-3-9-8-12(2)10(11(14)17-9)4-5-13(12)15-6-7-16-13/h3,9-10H,1,4-8H2,2H3/t9?,10-,12+/m1/s1. The van der Waals surface area contributed by atoms with Crippen molar-refractivity contribution in [1.29, 1.82) is 0 Å². The van der Waals surface area contributed by atoms with E-state index in [9.17, 15) is 4.79 Å². The van der Waals surface area contributed by atoms with Crippen LogP contribution in [0.15, 0.2) is 12.7 Å². The second-order valence-electron chi connectivity index (χ2n) is 5.37. The van der Waals surface area contributed by atoms with Crippen LogP contribution in [0.2, 0.25) is 0 Å². The molecule has 3 rings (SSSR count). The minimum Gasteiger partial charge on any atom is -0.458 e. The first-order valence-electron chi connectivity index (χ1n) is 6.22. The van der Waals surface area contributed by atoms with E-state index in [0.29, 0.717) is 13.2 Å². The van der Waals surface area contributed by atoms with Crippen molar-refractivity contribution < 1.29 is 19.0 Å². The zero-order valence-corrected chi connectivity index (χ0v) is 10.1. The van der Waals surface area contributed by atoms with E-state index in [2.05, 4.69) is 13.5 Å². The van der Waals surface area contributed by atoms with Crippen LogP contribution in [-0.4, -0.2) is 31.1 Å². The minimum atomic E-state index is -0.571. The van der Waals surface area contributed by atoms with Crippen LogP contribution in [0.4, 0.5) is 0 Å². The van der Waals surface area contributed by atoms with E-state index >= 15 is 0 Å². The van der Waals surface area contributed by atoms with Gasteiger partial charge in [-0.25, -0.2) is 0 Å². The van der Waals surface area contributed by atoms with Crippen molar-refractivity contribution in [3.63, 3.8) is 0 Å². The van der Waals surface area contributed by atoms with Crippen LogP contribution >= 0.6 is 0 Å². The van der Waals surface area contributed by atoms with Gasteiger partial charge in [0.2, 0.25) is 0 Å². The average Bonchev–Trinajstić information content (AvgIpc) is 2.87. The zero-order chi connectivity index (χ0) is 12.1. The van der Waals surface area contributed by atoms with Crippen molar-refractivity contribution >= 4 is 5.97 Å². The maximum Gasteiger partial charge on any atom is 0.310 e. The first-order chi connectivity index (χ1) is 8.11. The van der Waals surface area contributed by atoms with Gasteiger partial charge in [0.15, 0.2) is 5.79 Å². The fraction of sp³-hybridized carbons (Fsp3) is 0.769.